The molecule has 0 aliphatic rings. The van der Waals surface area contributed by atoms with E-state index in [0.29, 0.717) is 33.5 Å². The third-order valence-electron chi connectivity index (χ3n) is 5.19. The van der Waals surface area contributed by atoms with Gasteiger partial charge in [-0.3, -0.25) is 4.79 Å². The maximum atomic E-state index is 13.9. The molecule has 32 heavy (non-hydrogen) atoms. The van der Waals surface area contributed by atoms with Crippen molar-refractivity contribution in [2.24, 2.45) is 0 Å². The van der Waals surface area contributed by atoms with Crippen LogP contribution in [0.4, 0.5) is 14.5 Å². The molecule has 5 rings (SSSR count). The summed E-state index contributed by atoms with van der Waals surface area (Å²) in [7, 11) is 0. The molecular formula is C25H18F2N4O. The number of fused-ring (bicyclic) bond motifs is 1. The summed E-state index contributed by atoms with van der Waals surface area (Å²) in [5.41, 5.74) is 3.36. The first-order valence-electron chi connectivity index (χ1n) is 10.0. The second kappa shape index (κ2) is 8.11. The number of pyridine rings is 1. The molecule has 158 valence electrons. The Morgan fingerprint density at radius 1 is 0.875 bits per heavy atom. The SMILES string of the molecule is O=c1[nH]c2c(cc1CNc1ccc(F)cc1)c(-c1cccc(F)c1)nn2-c1ccccc1. The lowest BCUT2D eigenvalue weighted by Gasteiger charge is -2.07. The van der Waals surface area contributed by atoms with Crippen LogP contribution < -0.4 is 10.9 Å². The number of aromatic nitrogens is 3. The highest BCUT2D eigenvalue weighted by Gasteiger charge is 2.17. The zero-order chi connectivity index (χ0) is 22.1. The highest BCUT2D eigenvalue weighted by molar-refractivity contribution is 5.92. The van der Waals surface area contributed by atoms with Crippen LogP contribution in [0.3, 0.4) is 0 Å². The number of H-pyrrole nitrogens is 1. The Labute approximate surface area is 182 Å². The van der Waals surface area contributed by atoms with E-state index in [9.17, 15) is 13.6 Å². The lowest BCUT2D eigenvalue weighted by molar-refractivity contribution is 0.627. The molecule has 2 aromatic heterocycles. The predicted octanol–water partition coefficient (Wildman–Crippen LogP) is 5.27. The van der Waals surface area contributed by atoms with E-state index >= 15 is 0 Å². The van der Waals surface area contributed by atoms with Gasteiger partial charge in [-0.2, -0.15) is 5.10 Å². The van der Waals surface area contributed by atoms with Crippen LogP contribution in [-0.4, -0.2) is 14.8 Å². The molecule has 3 aromatic carbocycles. The van der Waals surface area contributed by atoms with E-state index in [1.54, 1.807) is 35.0 Å². The third-order valence-corrected chi connectivity index (χ3v) is 5.19. The Bertz CT molecular complexity index is 1460. The van der Waals surface area contributed by atoms with Gasteiger partial charge in [0, 0.05) is 28.7 Å². The van der Waals surface area contributed by atoms with Crippen molar-refractivity contribution in [1.82, 2.24) is 14.8 Å². The fraction of sp³-hybridized carbons (Fsp3) is 0.0400. The molecule has 0 saturated heterocycles. The van der Waals surface area contributed by atoms with Crippen molar-refractivity contribution < 1.29 is 8.78 Å². The molecule has 0 amide bonds. The Kier molecular flexibility index (Phi) is 4.99. The molecule has 7 heteroatoms. The van der Waals surface area contributed by atoms with E-state index in [0.717, 1.165) is 5.69 Å². The van der Waals surface area contributed by atoms with Gasteiger partial charge in [0.2, 0.25) is 0 Å². The van der Waals surface area contributed by atoms with E-state index in [1.807, 2.05) is 30.3 Å². The first kappa shape index (κ1) is 19.7. The third kappa shape index (κ3) is 3.76. The Morgan fingerprint density at radius 3 is 2.41 bits per heavy atom. The summed E-state index contributed by atoms with van der Waals surface area (Å²) in [5, 5.41) is 8.52. The van der Waals surface area contributed by atoms with E-state index in [1.165, 1.54) is 24.3 Å². The van der Waals surface area contributed by atoms with Crippen molar-refractivity contribution >= 4 is 16.7 Å². The maximum Gasteiger partial charge on any atom is 0.254 e. The average molecular weight is 428 g/mol. The lowest BCUT2D eigenvalue weighted by atomic mass is 10.1. The quantitative estimate of drug-likeness (QED) is 0.401. The summed E-state index contributed by atoms with van der Waals surface area (Å²) >= 11 is 0. The highest BCUT2D eigenvalue weighted by Crippen LogP contribution is 2.29. The molecule has 0 saturated carbocycles. The van der Waals surface area contributed by atoms with Crippen LogP contribution in [0.15, 0.2) is 89.7 Å². The van der Waals surface area contributed by atoms with Crippen LogP contribution in [-0.2, 0) is 6.54 Å². The van der Waals surface area contributed by atoms with E-state index in [2.05, 4.69) is 10.3 Å². The van der Waals surface area contributed by atoms with E-state index in [4.69, 9.17) is 5.10 Å². The number of nitrogens with zero attached hydrogens (tertiary/aromatic N) is 2. The second-order valence-electron chi connectivity index (χ2n) is 7.35. The number of aromatic amines is 1. The second-order valence-corrected chi connectivity index (χ2v) is 7.35. The van der Waals surface area contributed by atoms with Gasteiger partial charge in [-0.15, -0.1) is 0 Å². The largest absolute Gasteiger partial charge is 0.381 e. The van der Waals surface area contributed by atoms with Crippen LogP contribution in [0.2, 0.25) is 0 Å². The first-order chi connectivity index (χ1) is 15.6. The van der Waals surface area contributed by atoms with Gasteiger partial charge in [-0.25, -0.2) is 13.5 Å². The molecule has 0 aliphatic carbocycles. The molecule has 0 atom stereocenters. The molecule has 0 unspecified atom stereocenters. The van der Waals surface area contributed by atoms with Gasteiger partial charge in [-0.05, 0) is 54.6 Å². The Balaban J connectivity index is 1.63. The average Bonchev–Trinajstić information content (AvgIpc) is 3.17. The van der Waals surface area contributed by atoms with Gasteiger partial charge in [0.25, 0.3) is 5.56 Å². The van der Waals surface area contributed by atoms with Crippen molar-refractivity contribution in [3.05, 3.63) is 112 Å². The zero-order valence-corrected chi connectivity index (χ0v) is 16.8. The predicted molar refractivity (Wildman–Crippen MR) is 121 cm³/mol. The zero-order valence-electron chi connectivity index (χ0n) is 16.8. The maximum absolute atomic E-state index is 13.9. The fourth-order valence-electron chi connectivity index (χ4n) is 3.62. The Morgan fingerprint density at radius 2 is 1.66 bits per heavy atom. The van der Waals surface area contributed by atoms with Gasteiger partial charge in [0.05, 0.1) is 5.69 Å². The smallest absolute Gasteiger partial charge is 0.254 e. The van der Waals surface area contributed by atoms with Crippen LogP contribution in [0.1, 0.15) is 5.56 Å². The minimum Gasteiger partial charge on any atom is -0.381 e. The highest BCUT2D eigenvalue weighted by atomic mass is 19.1. The van der Waals surface area contributed by atoms with Crippen molar-refractivity contribution in [2.75, 3.05) is 5.32 Å². The van der Waals surface area contributed by atoms with Gasteiger partial charge in [-0.1, -0.05) is 30.3 Å². The van der Waals surface area contributed by atoms with Gasteiger partial charge in [0.1, 0.15) is 23.0 Å². The summed E-state index contributed by atoms with van der Waals surface area (Å²) in [6.45, 7) is 0.232. The number of nitrogens with one attached hydrogen (secondary N) is 2. The summed E-state index contributed by atoms with van der Waals surface area (Å²) in [6, 6.07) is 23.3. The van der Waals surface area contributed by atoms with Crippen LogP contribution >= 0.6 is 0 Å². The normalized spacial score (nSPS) is 11.1. The number of anilines is 1. The standard InChI is InChI=1S/C25H18F2N4O/c26-18-9-11-20(12-10-18)28-15-17-14-22-23(16-5-4-6-19(27)13-16)30-31(24(22)29-25(17)32)21-7-2-1-3-8-21/h1-14,28H,15H2,(H,29,32). The summed E-state index contributed by atoms with van der Waals surface area (Å²) in [4.78, 5) is 15.8. The summed E-state index contributed by atoms with van der Waals surface area (Å²) in [6.07, 6.45) is 0. The number of para-hydroxylation sites is 1. The molecule has 2 N–H and O–H groups in total. The van der Waals surface area contributed by atoms with Gasteiger partial charge < -0.3 is 10.3 Å². The van der Waals surface area contributed by atoms with E-state index < -0.39 is 0 Å². The number of benzene rings is 3. The Hall–Kier alpha value is -4.26. The van der Waals surface area contributed by atoms with Crippen molar-refractivity contribution in [2.45, 2.75) is 6.54 Å². The van der Waals surface area contributed by atoms with Gasteiger partial charge >= 0.3 is 0 Å². The minimum absolute atomic E-state index is 0.232. The van der Waals surface area contributed by atoms with Crippen LogP contribution in [0.5, 0.6) is 0 Å². The number of rotatable bonds is 5. The monoisotopic (exact) mass is 428 g/mol. The molecule has 5 nitrogen and oxygen atoms in total. The summed E-state index contributed by atoms with van der Waals surface area (Å²) in [5.74, 6) is -0.699. The van der Waals surface area contributed by atoms with Crippen LogP contribution in [0, 0.1) is 11.6 Å². The first-order valence-corrected chi connectivity index (χ1v) is 10.0. The number of hydrogen-bond acceptors (Lipinski definition) is 3. The molecule has 0 radical (unpaired) electrons. The molecule has 0 aliphatic heterocycles. The molecular weight excluding hydrogens is 410 g/mol. The van der Waals surface area contributed by atoms with Crippen molar-refractivity contribution in [3.8, 4) is 16.9 Å². The molecule has 0 spiro atoms. The van der Waals surface area contributed by atoms with Crippen LogP contribution in [0.25, 0.3) is 28.0 Å². The lowest BCUT2D eigenvalue weighted by Crippen LogP contribution is -2.16. The number of hydrogen-bond donors (Lipinski definition) is 2. The van der Waals surface area contributed by atoms with Crippen molar-refractivity contribution in [1.29, 1.82) is 0 Å². The molecule has 2 heterocycles. The van der Waals surface area contributed by atoms with Gasteiger partial charge in [0.15, 0.2) is 0 Å². The molecule has 5 aromatic rings. The fourth-order valence-corrected chi connectivity index (χ4v) is 3.62. The van der Waals surface area contributed by atoms with Crippen molar-refractivity contribution in [3.63, 3.8) is 0 Å². The van der Waals surface area contributed by atoms with E-state index in [-0.39, 0.29) is 23.7 Å². The summed E-state index contributed by atoms with van der Waals surface area (Å²) < 4.78 is 28.7. The minimum atomic E-state index is -0.368. The molecule has 0 bridgehead atoms. The number of halogens is 2. The topological polar surface area (TPSA) is 62.7 Å². The molecule has 0 fully saturated rings.